The van der Waals surface area contributed by atoms with Crippen LogP contribution >= 0.6 is 0 Å². The lowest BCUT2D eigenvalue weighted by Gasteiger charge is -2.06. The van der Waals surface area contributed by atoms with Gasteiger partial charge in [-0.15, -0.1) is 0 Å². The molecule has 3 aromatic rings. The predicted octanol–water partition coefficient (Wildman–Crippen LogP) is 2.30. The Hall–Kier alpha value is -2.29. The van der Waals surface area contributed by atoms with E-state index in [1.54, 1.807) is 0 Å². The average molecular weight is 253 g/mol. The van der Waals surface area contributed by atoms with Crippen LogP contribution in [-0.2, 0) is 20.5 Å². The first-order valence-corrected chi connectivity index (χ1v) is 6.35. The van der Waals surface area contributed by atoms with Crippen molar-refractivity contribution in [1.82, 2.24) is 4.57 Å². The van der Waals surface area contributed by atoms with Crippen molar-refractivity contribution in [2.24, 2.45) is 14.1 Å². The van der Waals surface area contributed by atoms with Crippen LogP contribution in [0.3, 0.4) is 0 Å². The molecule has 1 aromatic carbocycles. The molecule has 96 valence electrons. The fraction of sp³-hybridized carbons (Fsp3) is 0.188. The number of aromatic hydroxyl groups is 1. The van der Waals surface area contributed by atoms with E-state index >= 15 is 0 Å². The Balaban J connectivity index is 2.01. The van der Waals surface area contributed by atoms with E-state index in [0.29, 0.717) is 5.75 Å². The van der Waals surface area contributed by atoms with E-state index in [1.165, 1.54) is 5.56 Å². The van der Waals surface area contributed by atoms with Gasteiger partial charge < -0.3 is 9.67 Å². The molecule has 0 saturated carbocycles. The summed E-state index contributed by atoms with van der Waals surface area (Å²) in [5.74, 6) is 0.395. The second-order valence-electron chi connectivity index (χ2n) is 4.98. The second-order valence-corrected chi connectivity index (χ2v) is 4.98. The van der Waals surface area contributed by atoms with Crippen LogP contribution in [0.15, 0.2) is 48.9 Å². The summed E-state index contributed by atoms with van der Waals surface area (Å²) < 4.78 is 4.02. The van der Waals surface area contributed by atoms with Gasteiger partial charge in [0.1, 0.15) is 12.8 Å². The molecule has 3 heteroatoms. The molecule has 19 heavy (non-hydrogen) atoms. The van der Waals surface area contributed by atoms with Gasteiger partial charge in [-0.2, -0.15) is 0 Å². The summed E-state index contributed by atoms with van der Waals surface area (Å²) in [4.78, 5) is 0. The molecule has 3 nitrogen and oxygen atoms in total. The molecule has 0 atom stereocenters. The van der Waals surface area contributed by atoms with Gasteiger partial charge in [0.25, 0.3) is 0 Å². The second kappa shape index (κ2) is 4.43. The monoisotopic (exact) mass is 253 g/mol. The number of aromatic nitrogens is 2. The smallest absolute Gasteiger partial charge is 0.168 e. The van der Waals surface area contributed by atoms with Crippen molar-refractivity contribution < 1.29 is 9.67 Å². The zero-order valence-corrected chi connectivity index (χ0v) is 11.2. The Morgan fingerprint density at radius 2 is 1.84 bits per heavy atom. The highest BCUT2D eigenvalue weighted by atomic mass is 16.3. The van der Waals surface area contributed by atoms with Crippen LogP contribution in [0.25, 0.3) is 10.9 Å². The van der Waals surface area contributed by atoms with Gasteiger partial charge >= 0.3 is 0 Å². The number of pyridine rings is 1. The largest absolute Gasteiger partial charge is 0.507 e. The Bertz CT molecular complexity index is 726. The molecule has 0 aliphatic rings. The van der Waals surface area contributed by atoms with Crippen molar-refractivity contribution in [3.63, 3.8) is 0 Å². The van der Waals surface area contributed by atoms with E-state index in [9.17, 15) is 5.11 Å². The summed E-state index contributed by atoms with van der Waals surface area (Å²) in [6.45, 7) is 0. The Morgan fingerprint density at radius 1 is 1.11 bits per heavy atom. The molecule has 0 saturated heterocycles. The fourth-order valence-electron chi connectivity index (χ4n) is 2.39. The number of benzene rings is 1. The van der Waals surface area contributed by atoms with E-state index in [-0.39, 0.29) is 0 Å². The summed E-state index contributed by atoms with van der Waals surface area (Å²) in [6.07, 6.45) is 6.76. The summed E-state index contributed by atoms with van der Waals surface area (Å²) in [5.41, 5.74) is 3.22. The number of phenols is 1. The Morgan fingerprint density at radius 3 is 2.58 bits per heavy atom. The van der Waals surface area contributed by atoms with Gasteiger partial charge in [-0.3, -0.25) is 0 Å². The normalized spacial score (nSPS) is 11.1. The SMILES string of the molecule is Cn1ccc2c(O)c(Cc3cc[n+](C)cc3)ccc21. The molecule has 0 radical (unpaired) electrons. The van der Waals surface area contributed by atoms with Crippen LogP contribution in [0.5, 0.6) is 5.75 Å². The first kappa shape index (κ1) is 11.8. The maximum atomic E-state index is 10.4. The van der Waals surface area contributed by atoms with Gasteiger partial charge in [-0.1, -0.05) is 6.07 Å². The standard InChI is InChI=1S/C16H16N2O/c1-17-8-5-12(6-9-17)11-13-3-4-15-14(16(13)19)7-10-18(15)2/h3-10H,11H2,1-2H3/p+1. The third-order valence-electron chi connectivity index (χ3n) is 3.56. The molecule has 0 spiro atoms. The molecular formula is C16H17N2O+. The zero-order chi connectivity index (χ0) is 13.4. The van der Waals surface area contributed by atoms with Crippen LogP contribution in [-0.4, -0.2) is 9.67 Å². The number of rotatable bonds is 2. The minimum atomic E-state index is 0.395. The van der Waals surface area contributed by atoms with E-state index in [2.05, 4.69) is 18.2 Å². The maximum absolute atomic E-state index is 10.4. The number of aryl methyl sites for hydroxylation is 2. The highest BCUT2D eigenvalue weighted by Gasteiger charge is 2.09. The van der Waals surface area contributed by atoms with Crippen LogP contribution < -0.4 is 4.57 Å². The molecular weight excluding hydrogens is 236 g/mol. The first-order chi connectivity index (χ1) is 9.15. The summed E-state index contributed by atoms with van der Waals surface area (Å²) >= 11 is 0. The molecule has 0 amide bonds. The molecule has 0 aliphatic carbocycles. The first-order valence-electron chi connectivity index (χ1n) is 6.35. The van der Waals surface area contributed by atoms with Crippen LogP contribution in [0, 0.1) is 0 Å². The van der Waals surface area contributed by atoms with Crippen molar-refractivity contribution in [2.75, 3.05) is 0 Å². The van der Waals surface area contributed by atoms with Crippen molar-refractivity contribution >= 4 is 10.9 Å². The fourth-order valence-corrected chi connectivity index (χ4v) is 2.39. The van der Waals surface area contributed by atoms with Crippen molar-refractivity contribution in [1.29, 1.82) is 0 Å². The minimum absolute atomic E-state index is 0.395. The summed E-state index contributed by atoms with van der Waals surface area (Å²) in [7, 11) is 3.98. The topological polar surface area (TPSA) is 29.0 Å². The van der Waals surface area contributed by atoms with Crippen molar-refractivity contribution in [3.05, 3.63) is 60.0 Å². The highest BCUT2D eigenvalue weighted by Crippen LogP contribution is 2.30. The number of hydrogen-bond acceptors (Lipinski definition) is 1. The van der Waals surface area contributed by atoms with E-state index in [0.717, 1.165) is 22.9 Å². The number of fused-ring (bicyclic) bond motifs is 1. The molecule has 3 rings (SSSR count). The van der Waals surface area contributed by atoms with Gasteiger partial charge in [0.2, 0.25) is 0 Å². The van der Waals surface area contributed by atoms with Crippen LogP contribution in [0.2, 0.25) is 0 Å². The van der Waals surface area contributed by atoms with Gasteiger partial charge in [0.15, 0.2) is 12.4 Å². The molecule has 2 aromatic heterocycles. The predicted molar refractivity (Wildman–Crippen MR) is 75.0 cm³/mol. The van der Waals surface area contributed by atoms with Crippen LogP contribution in [0.4, 0.5) is 0 Å². The molecule has 2 heterocycles. The van der Waals surface area contributed by atoms with Crippen molar-refractivity contribution in [2.45, 2.75) is 6.42 Å². The van der Waals surface area contributed by atoms with Crippen molar-refractivity contribution in [3.8, 4) is 5.75 Å². The minimum Gasteiger partial charge on any atom is -0.507 e. The third kappa shape index (κ3) is 2.08. The lowest BCUT2D eigenvalue weighted by atomic mass is 10.0. The highest BCUT2D eigenvalue weighted by molar-refractivity contribution is 5.87. The van der Waals surface area contributed by atoms with E-state index in [1.807, 2.05) is 54.0 Å². The van der Waals surface area contributed by atoms with Gasteiger partial charge in [0, 0.05) is 37.2 Å². The number of nitrogens with zero attached hydrogens (tertiary/aromatic N) is 2. The molecule has 0 bridgehead atoms. The van der Waals surface area contributed by atoms with Gasteiger partial charge in [-0.05, 0) is 23.3 Å². The zero-order valence-electron chi connectivity index (χ0n) is 11.2. The van der Waals surface area contributed by atoms with E-state index in [4.69, 9.17) is 0 Å². The molecule has 0 aliphatic heterocycles. The van der Waals surface area contributed by atoms with Gasteiger partial charge in [0.05, 0.1) is 5.52 Å². The summed E-state index contributed by atoms with van der Waals surface area (Å²) in [6, 6.07) is 10.2. The molecule has 0 unspecified atom stereocenters. The Labute approximate surface area is 112 Å². The van der Waals surface area contributed by atoms with Gasteiger partial charge in [-0.25, -0.2) is 4.57 Å². The molecule has 0 fully saturated rings. The lowest BCUT2D eigenvalue weighted by Crippen LogP contribution is -2.25. The average Bonchev–Trinajstić information content (AvgIpc) is 2.78. The number of hydrogen-bond donors (Lipinski definition) is 1. The third-order valence-corrected chi connectivity index (χ3v) is 3.56. The van der Waals surface area contributed by atoms with E-state index < -0.39 is 0 Å². The Kier molecular flexibility index (Phi) is 2.75. The summed E-state index contributed by atoms with van der Waals surface area (Å²) in [5, 5.41) is 11.3. The van der Waals surface area contributed by atoms with Crippen LogP contribution in [0.1, 0.15) is 11.1 Å². The molecule has 1 N–H and O–H groups in total. The maximum Gasteiger partial charge on any atom is 0.168 e. The quantitative estimate of drug-likeness (QED) is 0.698. The number of phenolic OH excluding ortho intramolecular Hbond substituents is 1. The lowest BCUT2D eigenvalue weighted by molar-refractivity contribution is -0.671.